The van der Waals surface area contributed by atoms with E-state index in [-0.39, 0.29) is 23.3 Å². The molecule has 1 N–H and O–H groups in total. The van der Waals surface area contributed by atoms with Crippen LogP contribution in [-0.2, 0) is 9.53 Å². The smallest absolute Gasteiger partial charge is 0.225 e. The maximum Gasteiger partial charge on any atom is 0.225 e. The molecule has 0 aromatic carbocycles. The quantitative estimate of drug-likeness (QED) is 0.737. The van der Waals surface area contributed by atoms with E-state index in [0.717, 1.165) is 19.3 Å². The molecule has 3 unspecified atom stereocenters. The van der Waals surface area contributed by atoms with Gasteiger partial charge < -0.3 is 10.1 Å². The lowest BCUT2D eigenvalue weighted by atomic mass is 10.1. The largest absolute Gasteiger partial charge is 0.378 e. The summed E-state index contributed by atoms with van der Waals surface area (Å²) in [7, 11) is 0. The molecule has 1 saturated heterocycles. The van der Waals surface area contributed by atoms with Crippen molar-refractivity contribution in [3.8, 4) is 0 Å². The van der Waals surface area contributed by atoms with Crippen LogP contribution < -0.4 is 5.32 Å². The van der Waals surface area contributed by atoms with E-state index in [4.69, 9.17) is 16.3 Å². The average molecular weight is 234 g/mol. The number of ether oxygens (including phenoxy) is 1. The minimum Gasteiger partial charge on any atom is -0.378 e. The number of hydrogen-bond donors (Lipinski definition) is 1. The van der Waals surface area contributed by atoms with Crippen LogP contribution in [0.3, 0.4) is 0 Å². The topological polar surface area (TPSA) is 38.3 Å². The highest BCUT2D eigenvalue weighted by Crippen LogP contribution is 2.19. The van der Waals surface area contributed by atoms with Crippen molar-refractivity contribution in [3.63, 3.8) is 0 Å². The highest BCUT2D eigenvalue weighted by atomic mass is 35.5. The van der Waals surface area contributed by atoms with E-state index in [2.05, 4.69) is 12.2 Å². The highest BCUT2D eigenvalue weighted by Gasteiger charge is 2.28. The zero-order valence-electron chi connectivity index (χ0n) is 9.46. The zero-order valence-corrected chi connectivity index (χ0v) is 10.2. The Kier molecular flexibility index (Phi) is 5.40. The van der Waals surface area contributed by atoms with E-state index in [1.165, 1.54) is 0 Å². The van der Waals surface area contributed by atoms with Gasteiger partial charge in [-0.3, -0.25) is 4.79 Å². The third kappa shape index (κ3) is 4.39. The van der Waals surface area contributed by atoms with Crippen LogP contribution in [0.4, 0.5) is 0 Å². The molecule has 1 rings (SSSR count). The molecule has 1 aliphatic rings. The minimum atomic E-state index is 0.0190. The average Bonchev–Trinajstić information content (AvgIpc) is 2.62. The first-order chi connectivity index (χ1) is 7.13. The fourth-order valence-electron chi connectivity index (χ4n) is 1.77. The first-order valence-electron chi connectivity index (χ1n) is 5.66. The Labute approximate surface area is 96.5 Å². The summed E-state index contributed by atoms with van der Waals surface area (Å²) in [6, 6.07) is 0. The summed E-state index contributed by atoms with van der Waals surface area (Å²) in [5.41, 5.74) is 0. The first kappa shape index (κ1) is 12.8. The van der Waals surface area contributed by atoms with Gasteiger partial charge in [0.25, 0.3) is 0 Å². The second-order valence-electron chi connectivity index (χ2n) is 4.21. The van der Waals surface area contributed by atoms with Gasteiger partial charge in [0.15, 0.2) is 0 Å². The van der Waals surface area contributed by atoms with Crippen LogP contribution >= 0.6 is 11.6 Å². The number of hydrogen-bond acceptors (Lipinski definition) is 2. The Morgan fingerprint density at radius 3 is 2.93 bits per heavy atom. The van der Waals surface area contributed by atoms with Gasteiger partial charge >= 0.3 is 0 Å². The standard InChI is InChI=1S/C11H20ClNO2/c1-3-4-10(12)6-13-11(14)9-5-8(2)15-7-9/h8-10H,3-7H2,1-2H3,(H,13,14). The SMILES string of the molecule is CCCC(Cl)CNC(=O)C1COC(C)C1. The van der Waals surface area contributed by atoms with Gasteiger partial charge in [-0.15, -0.1) is 11.6 Å². The van der Waals surface area contributed by atoms with Crippen LogP contribution in [-0.4, -0.2) is 30.5 Å². The van der Waals surface area contributed by atoms with Gasteiger partial charge in [0.2, 0.25) is 5.91 Å². The molecule has 88 valence electrons. The van der Waals surface area contributed by atoms with E-state index in [1.54, 1.807) is 0 Å². The summed E-state index contributed by atoms with van der Waals surface area (Å²) in [4.78, 5) is 11.6. The summed E-state index contributed by atoms with van der Waals surface area (Å²) >= 11 is 6.01. The number of halogens is 1. The maximum atomic E-state index is 11.6. The van der Waals surface area contributed by atoms with E-state index in [1.807, 2.05) is 6.92 Å². The second-order valence-corrected chi connectivity index (χ2v) is 4.82. The molecule has 15 heavy (non-hydrogen) atoms. The summed E-state index contributed by atoms with van der Waals surface area (Å²) in [6.45, 7) is 5.20. The number of amides is 1. The molecule has 3 nitrogen and oxygen atoms in total. The maximum absolute atomic E-state index is 11.6. The van der Waals surface area contributed by atoms with Crippen LogP contribution in [0.5, 0.6) is 0 Å². The molecule has 0 radical (unpaired) electrons. The van der Waals surface area contributed by atoms with Crippen LogP contribution in [0.2, 0.25) is 0 Å². The number of rotatable bonds is 5. The second kappa shape index (κ2) is 6.33. The van der Waals surface area contributed by atoms with Crippen molar-refractivity contribution < 1.29 is 9.53 Å². The van der Waals surface area contributed by atoms with Gasteiger partial charge in [-0.1, -0.05) is 13.3 Å². The predicted octanol–water partition coefficient (Wildman–Crippen LogP) is 1.94. The zero-order chi connectivity index (χ0) is 11.3. The Balaban J connectivity index is 2.18. The van der Waals surface area contributed by atoms with E-state index >= 15 is 0 Å². The van der Waals surface area contributed by atoms with E-state index in [0.29, 0.717) is 13.2 Å². The first-order valence-corrected chi connectivity index (χ1v) is 6.10. The molecule has 0 saturated carbocycles. The number of alkyl halides is 1. The van der Waals surface area contributed by atoms with Crippen LogP contribution in [0, 0.1) is 5.92 Å². The van der Waals surface area contributed by atoms with Gasteiger partial charge in [-0.05, 0) is 19.8 Å². The molecule has 1 heterocycles. The molecule has 1 fully saturated rings. The molecule has 3 atom stereocenters. The summed E-state index contributed by atoms with van der Waals surface area (Å²) in [5.74, 6) is 0.103. The minimum absolute atomic E-state index is 0.0190. The van der Waals surface area contributed by atoms with Crippen molar-refractivity contribution in [2.45, 2.75) is 44.6 Å². The normalized spacial score (nSPS) is 27.7. The Morgan fingerprint density at radius 1 is 1.67 bits per heavy atom. The van der Waals surface area contributed by atoms with Gasteiger partial charge in [-0.2, -0.15) is 0 Å². The monoisotopic (exact) mass is 233 g/mol. The van der Waals surface area contributed by atoms with Crippen molar-refractivity contribution in [1.82, 2.24) is 5.32 Å². The molecule has 1 amide bonds. The fraction of sp³-hybridized carbons (Fsp3) is 0.909. The lowest BCUT2D eigenvalue weighted by Gasteiger charge is -2.12. The molecule has 0 aromatic heterocycles. The van der Waals surface area contributed by atoms with Crippen LogP contribution in [0.15, 0.2) is 0 Å². The fourth-order valence-corrected chi connectivity index (χ4v) is 2.07. The van der Waals surface area contributed by atoms with Crippen molar-refractivity contribution >= 4 is 17.5 Å². The molecule has 0 spiro atoms. The molecule has 0 aromatic rings. The molecular weight excluding hydrogens is 214 g/mol. The van der Waals surface area contributed by atoms with E-state index < -0.39 is 0 Å². The molecular formula is C11H20ClNO2. The third-order valence-corrected chi connectivity index (χ3v) is 3.04. The number of carbonyl (C=O) groups is 1. The Bertz CT molecular complexity index is 211. The van der Waals surface area contributed by atoms with Gasteiger partial charge in [0.1, 0.15) is 0 Å². The van der Waals surface area contributed by atoms with Crippen LogP contribution in [0.25, 0.3) is 0 Å². The molecule has 1 aliphatic heterocycles. The predicted molar refractivity (Wildman–Crippen MR) is 61.1 cm³/mol. The Morgan fingerprint density at radius 2 is 2.40 bits per heavy atom. The van der Waals surface area contributed by atoms with Crippen LogP contribution in [0.1, 0.15) is 33.1 Å². The summed E-state index contributed by atoms with van der Waals surface area (Å²) < 4.78 is 5.35. The van der Waals surface area contributed by atoms with Crippen molar-refractivity contribution in [2.75, 3.05) is 13.2 Å². The number of carbonyl (C=O) groups excluding carboxylic acids is 1. The molecule has 4 heteroatoms. The molecule has 0 bridgehead atoms. The molecule has 0 aliphatic carbocycles. The summed E-state index contributed by atoms with van der Waals surface area (Å²) in [6.07, 6.45) is 3.03. The lowest BCUT2D eigenvalue weighted by molar-refractivity contribution is -0.124. The van der Waals surface area contributed by atoms with Crippen molar-refractivity contribution in [2.24, 2.45) is 5.92 Å². The van der Waals surface area contributed by atoms with Crippen molar-refractivity contribution in [3.05, 3.63) is 0 Å². The van der Waals surface area contributed by atoms with Gasteiger partial charge in [0.05, 0.1) is 24.0 Å². The highest BCUT2D eigenvalue weighted by molar-refractivity contribution is 6.20. The van der Waals surface area contributed by atoms with E-state index in [9.17, 15) is 4.79 Å². The van der Waals surface area contributed by atoms with Gasteiger partial charge in [-0.25, -0.2) is 0 Å². The van der Waals surface area contributed by atoms with Gasteiger partial charge in [0, 0.05) is 6.54 Å². The van der Waals surface area contributed by atoms with Crippen molar-refractivity contribution in [1.29, 1.82) is 0 Å². The lowest BCUT2D eigenvalue weighted by Crippen LogP contribution is -2.35. The third-order valence-electron chi connectivity index (χ3n) is 2.67. The summed E-state index contributed by atoms with van der Waals surface area (Å²) in [5, 5.41) is 2.93. The Hall–Kier alpha value is -0.280. The number of nitrogens with one attached hydrogen (secondary N) is 1.